The van der Waals surface area contributed by atoms with Gasteiger partial charge in [-0.15, -0.1) is 0 Å². The predicted octanol–water partition coefficient (Wildman–Crippen LogP) is 1.93. The first kappa shape index (κ1) is 27.4. The normalized spacial score (nSPS) is 35.6. The standard InChI is InChI=1S/C18H30F6O6/c19-17(20,21)9-5-1-3-7-15(29)13(27)11(25)12(26)14(28)16(15,30)8-4-2-6-10-18(22,23)24/h11-14,25-30H,1-10H2/t11-,12-,13-,14+,15+,16-/m1/s1. The fraction of sp³-hybridized carbons (Fsp3) is 1.00. The molecule has 0 heterocycles. The molecule has 0 aliphatic heterocycles. The van der Waals surface area contributed by atoms with Crippen LogP contribution in [-0.2, 0) is 0 Å². The van der Waals surface area contributed by atoms with E-state index in [-0.39, 0.29) is 38.5 Å². The summed E-state index contributed by atoms with van der Waals surface area (Å²) in [5.74, 6) is 0. The van der Waals surface area contributed by atoms with E-state index in [4.69, 9.17) is 0 Å². The lowest BCUT2D eigenvalue weighted by atomic mass is 9.62. The summed E-state index contributed by atoms with van der Waals surface area (Å²) in [7, 11) is 0. The molecule has 0 radical (unpaired) electrons. The number of rotatable bonds is 10. The van der Waals surface area contributed by atoms with Crippen molar-refractivity contribution in [1.82, 2.24) is 0 Å². The number of aliphatic hydroxyl groups is 6. The Hall–Kier alpha value is -0.660. The van der Waals surface area contributed by atoms with Crippen LogP contribution in [0.15, 0.2) is 0 Å². The Morgan fingerprint density at radius 1 is 0.533 bits per heavy atom. The quantitative estimate of drug-likeness (QED) is 0.221. The van der Waals surface area contributed by atoms with Gasteiger partial charge in [-0.2, -0.15) is 26.3 Å². The topological polar surface area (TPSA) is 121 Å². The van der Waals surface area contributed by atoms with Gasteiger partial charge in [-0.25, -0.2) is 0 Å². The van der Waals surface area contributed by atoms with Gasteiger partial charge in [0.25, 0.3) is 0 Å². The van der Waals surface area contributed by atoms with Crippen LogP contribution in [0.5, 0.6) is 0 Å². The van der Waals surface area contributed by atoms with Crippen LogP contribution >= 0.6 is 0 Å². The Balaban J connectivity index is 2.82. The maximum absolute atomic E-state index is 12.2. The molecule has 6 nitrogen and oxygen atoms in total. The van der Waals surface area contributed by atoms with Gasteiger partial charge in [-0.05, 0) is 25.7 Å². The molecule has 6 atom stereocenters. The summed E-state index contributed by atoms with van der Waals surface area (Å²) < 4.78 is 73.4. The molecular formula is C18H30F6O6. The van der Waals surface area contributed by atoms with E-state index < -0.39 is 73.7 Å². The molecule has 1 aliphatic carbocycles. The molecule has 0 unspecified atom stereocenters. The number of halogens is 6. The van der Waals surface area contributed by atoms with Crippen LogP contribution in [0.1, 0.15) is 64.2 Å². The summed E-state index contributed by atoms with van der Waals surface area (Å²) in [4.78, 5) is 0. The zero-order valence-corrected chi connectivity index (χ0v) is 16.3. The predicted molar refractivity (Wildman–Crippen MR) is 92.2 cm³/mol. The van der Waals surface area contributed by atoms with E-state index in [0.29, 0.717) is 0 Å². The average Bonchev–Trinajstić information content (AvgIpc) is 2.61. The molecule has 180 valence electrons. The Bertz CT molecular complexity index is 484. The Morgan fingerprint density at radius 2 is 0.833 bits per heavy atom. The number of unbranched alkanes of at least 4 members (excludes halogenated alkanes) is 4. The van der Waals surface area contributed by atoms with E-state index in [1.807, 2.05) is 0 Å². The van der Waals surface area contributed by atoms with E-state index in [0.717, 1.165) is 0 Å². The van der Waals surface area contributed by atoms with Crippen LogP contribution in [0.2, 0.25) is 0 Å². The summed E-state index contributed by atoms with van der Waals surface area (Å²) in [6, 6.07) is 0. The van der Waals surface area contributed by atoms with Crippen molar-refractivity contribution in [1.29, 1.82) is 0 Å². The molecule has 1 fully saturated rings. The molecule has 6 N–H and O–H groups in total. The van der Waals surface area contributed by atoms with E-state index in [9.17, 15) is 57.0 Å². The van der Waals surface area contributed by atoms with Crippen molar-refractivity contribution >= 4 is 0 Å². The first-order valence-corrected chi connectivity index (χ1v) is 9.86. The second kappa shape index (κ2) is 10.3. The number of hydrogen-bond acceptors (Lipinski definition) is 6. The van der Waals surface area contributed by atoms with Gasteiger partial charge in [-0.3, -0.25) is 0 Å². The largest absolute Gasteiger partial charge is 0.389 e. The van der Waals surface area contributed by atoms with Crippen molar-refractivity contribution < 1.29 is 57.0 Å². The smallest absolute Gasteiger partial charge is 0.387 e. The van der Waals surface area contributed by atoms with Gasteiger partial charge >= 0.3 is 12.4 Å². The molecule has 0 amide bonds. The van der Waals surface area contributed by atoms with Gasteiger partial charge in [0.05, 0.1) is 0 Å². The number of alkyl halides is 6. The lowest BCUT2D eigenvalue weighted by Crippen LogP contribution is -2.77. The van der Waals surface area contributed by atoms with Crippen LogP contribution in [0.4, 0.5) is 26.3 Å². The zero-order valence-electron chi connectivity index (χ0n) is 16.3. The van der Waals surface area contributed by atoms with Crippen LogP contribution in [0.3, 0.4) is 0 Å². The summed E-state index contributed by atoms with van der Waals surface area (Å²) in [6.07, 6.45) is -21.0. The fourth-order valence-electron chi connectivity index (χ4n) is 3.97. The second-order valence-corrected chi connectivity index (χ2v) is 8.07. The van der Waals surface area contributed by atoms with Gasteiger partial charge in [0, 0.05) is 12.8 Å². The average molecular weight is 456 g/mol. The molecule has 30 heavy (non-hydrogen) atoms. The molecule has 12 heteroatoms. The summed E-state index contributed by atoms with van der Waals surface area (Å²) in [5.41, 5.74) is -5.15. The van der Waals surface area contributed by atoms with Crippen LogP contribution < -0.4 is 0 Å². The van der Waals surface area contributed by atoms with Gasteiger partial charge < -0.3 is 30.6 Å². The minimum absolute atomic E-state index is 0.0368. The minimum Gasteiger partial charge on any atom is -0.387 e. The van der Waals surface area contributed by atoms with Crippen molar-refractivity contribution in [3.8, 4) is 0 Å². The third-order valence-electron chi connectivity index (χ3n) is 5.76. The fourth-order valence-corrected chi connectivity index (χ4v) is 3.97. The highest BCUT2D eigenvalue weighted by Crippen LogP contribution is 2.44. The van der Waals surface area contributed by atoms with Crippen molar-refractivity contribution in [2.24, 2.45) is 0 Å². The van der Waals surface area contributed by atoms with Crippen LogP contribution in [-0.4, -0.2) is 78.6 Å². The van der Waals surface area contributed by atoms with E-state index >= 15 is 0 Å². The highest BCUT2D eigenvalue weighted by molar-refractivity contribution is 5.16. The van der Waals surface area contributed by atoms with Crippen molar-refractivity contribution in [2.45, 2.75) is 112 Å². The lowest BCUT2D eigenvalue weighted by molar-refractivity contribution is -0.317. The zero-order chi connectivity index (χ0) is 23.4. The van der Waals surface area contributed by atoms with Gasteiger partial charge in [0.1, 0.15) is 35.6 Å². The van der Waals surface area contributed by atoms with Gasteiger partial charge in [-0.1, -0.05) is 25.7 Å². The SMILES string of the molecule is O[C@@H]1[C@@H](O)[C@H](O)[C@](O)(CCCCCC(F)(F)F)[C@](O)(CCCCCC(F)(F)F)[C@@H]1O. The molecule has 0 saturated heterocycles. The summed E-state index contributed by atoms with van der Waals surface area (Å²) in [6.45, 7) is 0. The molecule has 1 saturated carbocycles. The van der Waals surface area contributed by atoms with Crippen molar-refractivity contribution in [2.75, 3.05) is 0 Å². The maximum atomic E-state index is 12.2. The van der Waals surface area contributed by atoms with E-state index in [2.05, 4.69) is 0 Å². The lowest BCUT2D eigenvalue weighted by Gasteiger charge is -2.55. The van der Waals surface area contributed by atoms with Crippen LogP contribution in [0, 0.1) is 0 Å². The summed E-state index contributed by atoms with van der Waals surface area (Å²) >= 11 is 0. The highest BCUT2D eigenvalue weighted by atomic mass is 19.4. The van der Waals surface area contributed by atoms with Crippen LogP contribution in [0.25, 0.3) is 0 Å². The highest BCUT2D eigenvalue weighted by Gasteiger charge is 2.65. The third-order valence-corrected chi connectivity index (χ3v) is 5.76. The first-order chi connectivity index (χ1) is 13.6. The summed E-state index contributed by atoms with van der Waals surface area (Å²) in [5, 5.41) is 62.1. The van der Waals surface area contributed by atoms with E-state index in [1.165, 1.54) is 0 Å². The van der Waals surface area contributed by atoms with Crippen molar-refractivity contribution in [3.63, 3.8) is 0 Å². The maximum Gasteiger partial charge on any atom is 0.389 e. The van der Waals surface area contributed by atoms with Gasteiger partial charge in [0.15, 0.2) is 0 Å². The minimum atomic E-state index is -4.37. The number of hydrogen-bond donors (Lipinski definition) is 6. The monoisotopic (exact) mass is 456 g/mol. The molecule has 0 aromatic carbocycles. The second-order valence-electron chi connectivity index (χ2n) is 8.07. The molecular weight excluding hydrogens is 426 g/mol. The number of aliphatic hydroxyl groups excluding tert-OH is 4. The molecule has 0 bridgehead atoms. The van der Waals surface area contributed by atoms with E-state index in [1.54, 1.807) is 0 Å². The van der Waals surface area contributed by atoms with Crippen molar-refractivity contribution in [3.05, 3.63) is 0 Å². The third kappa shape index (κ3) is 6.92. The Kier molecular flexibility index (Phi) is 9.40. The molecule has 1 rings (SSSR count). The molecule has 0 spiro atoms. The molecule has 0 aromatic heterocycles. The Labute approximate surface area is 170 Å². The Morgan fingerprint density at radius 3 is 1.10 bits per heavy atom. The molecule has 0 aromatic rings. The van der Waals surface area contributed by atoms with Gasteiger partial charge in [0.2, 0.25) is 0 Å². The first-order valence-electron chi connectivity index (χ1n) is 9.86. The molecule has 1 aliphatic rings.